The van der Waals surface area contributed by atoms with E-state index in [1.165, 1.54) is 12.4 Å². The van der Waals surface area contributed by atoms with Crippen LogP contribution in [0.4, 0.5) is 0 Å². The van der Waals surface area contributed by atoms with E-state index >= 15 is 0 Å². The van der Waals surface area contributed by atoms with Crippen molar-refractivity contribution in [1.82, 2.24) is 0 Å². The van der Waals surface area contributed by atoms with Gasteiger partial charge in [0, 0.05) is 6.21 Å². The van der Waals surface area contributed by atoms with Crippen LogP contribution < -0.4 is 5.73 Å². The Kier molecular flexibility index (Phi) is 4.59. The molecule has 0 radical (unpaired) electrons. The molecule has 4 heteroatoms. The second-order valence-corrected chi connectivity index (χ2v) is 2.06. The summed E-state index contributed by atoms with van der Waals surface area (Å²) in [5.74, 6) is 0. The van der Waals surface area contributed by atoms with Crippen molar-refractivity contribution in [2.75, 3.05) is 0 Å². The predicted molar refractivity (Wildman–Crippen MR) is 43.4 cm³/mol. The first-order valence-electron chi connectivity index (χ1n) is 1.91. The largest absolute Gasteiger partial charge is 0.405 e. The molecule has 0 aliphatic heterocycles. The maximum atomic E-state index is 4.97. The lowest BCUT2D eigenvalue weighted by atomic mass is 10.7. The molecule has 0 aliphatic carbocycles. The average Bonchev–Trinajstić information content (AvgIpc) is 1.66. The van der Waals surface area contributed by atoms with Crippen LogP contribution in [0.3, 0.4) is 0 Å². The number of nitrogens with two attached hydrogens (primary N) is 1. The summed E-state index contributed by atoms with van der Waals surface area (Å²) in [4.78, 5) is 3.62. The number of rotatable bonds is 1. The minimum absolute atomic E-state index is 0.308. The standard InChI is InChI=1S/C4H6N2S2/c5-2-1-3-6-4(7)8/h1-3H,5H2,(H,7,8). The van der Waals surface area contributed by atoms with Crippen molar-refractivity contribution in [2.24, 2.45) is 10.7 Å². The third-order valence-corrected chi connectivity index (χ3v) is 0.603. The molecule has 2 nitrogen and oxygen atoms in total. The quantitative estimate of drug-likeness (QED) is 0.325. The molecule has 0 unspecified atom stereocenters. The van der Waals surface area contributed by atoms with E-state index in [1.54, 1.807) is 6.08 Å². The molecule has 0 rings (SSSR count). The number of thiol groups is 1. The summed E-state index contributed by atoms with van der Waals surface area (Å²) in [5.41, 5.74) is 4.97. The van der Waals surface area contributed by atoms with Gasteiger partial charge in [-0.3, -0.25) is 0 Å². The third kappa shape index (κ3) is 5.65. The second kappa shape index (κ2) is 4.80. The molecule has 0 aliphatic rings. The van der Waals surface area contributed by atoms with Gasteiger partial charge in [-0.1, -0.05) is 12.2 Å². The fraction of sp³-hybridized carbons (Fsp3) is 0. The first-order valence-corrected chi connectivity index (χ1v) is 2.76. The Bertz CT molecular complexity index is 128. The molecule has 0 bridgehead atoms. The Balaban J connectivity index is 3.50. The van der Waals surface area contributed by atoms with Crippen molar-refractivity contribution in [3.05, 3.63) is 12.3 Å². The van der Waals surface area contributed by atoms with E-state index in [4.69, 9.17) is 5.73 Å². The van der Waals surface area contributed by atoms with Crippen molar-refractivity contribution in [3.63, 3.8) is 0 Å². The van der Waals surface area contributed by atoms with Crippen LogP contribution in [0.5, 0.6) is 0 Å². The third-order valence-electron chi connectivity index (χ3n) is 0.382. The molecule has 0 saturated heterocycles. The lowest BCUT2D eigenvalue weighted by Crippen LogP contribution is -1.78. The average molecular weight is 146 g/mol. The number of hydrogen-bond donors (Lipinski definition) is 2. The van der Waals surface area contributed by atoms with Gasteiger partial charge in [-0.2, -0.15) is 0 Å². The highest BCUT2D eigenvalue weighted by molar-refractivity contribution is 8.11. The lowest BCUT2D eigenvalue weighted by molar-refractivity contribution is 1.62. The van der Waals surface area contributed by atoms with Crippen LogP contribution in [-0.2, 0) is 0 Å². The molecule has 44 valence electrons. The SMILES string of the molecule is NC=CC=NC(=S)S. The van der Waals surface area contributed by atoms with Crippen molar-refractivity contribution < 1.29 is 0 Å². The molecule has 0 fully saturated rings. The molecule has 0 amide bonds. The van der Waals surface area contributed by atoms with E-state index in [-0.39, 0.29) is 0 Å². The van der Waals surface area contributed by atoms with Gasteiger partial charge in [0.2, 0.25) is 0 Å². The summed E-state index contributed by atoms with van der Waals surface area (Å²) < 4.78 is 0.308. The molecule has 0 saturated carbocycles. The zero-order valence-corrected chi connectivity index (χ0v) is 5.82. The van der Waals surface area contributed by atoms with Crippen LogP contribution in [0.15, 0.2) is 17.3 Å². The zero-order chi connectivity index (χ0) is 6.41. The van der Waals surface area contributed by atoms with E-state index in [9.17, 15) is 0 Å². The number of nitrogens with zero attached hydrogens (tertiary/aromatic N) is 1. The highest BCUT2D eigenvalue weighted by atomic mass is 32.1. The molecular formula is C4H6N2S2. The molecule has 2 N–H and O–H groups in total. The molecular weight excluding hydrogens is 140 g/mol. The maximum Gasteiger partial charge on any atom is 0.156 e. The first kappa shape index (κ1) is 7.65. The summed E-state index contributed by atoms with van der Waals surface area (Å²) in [6.45, 7) is 0. The summed E-state index contributed by atoms with van der Waals surface area (Å²) in [6.07, 6.45) is 4.42. The normalized spacial score (nSPS) is 11.1. The van der Waals surface area contributed by atoms with Crippen LogP contribution in [0.2, 0.25) is 0 Å². The van der Waals surface area contributed by atoms with Gasteiger partial charge in [-0.05, 0) is 12.3 Å². The van der Waals surface area contributed by atoms with Crippen molar-refractivity contribution >= 4 is 35.4 Å². The molecule has 0 spiro atoms. The molecule has 0 aromatic rings. The molecule has 0 heterocycles. The summed E-state index contributed by atoms with van der Waals surface area (Å²) in [7, 11) is 0. The van der Waals surface area contributed by atoms with Gasteiger partial charge in [0.15, 0.2) is 4.32 Å². The summed E-state index contributed by atoms with van der Waals surface area (Å²) in [6, 6.07) is 0. The Morgan fingerprint density at radius 3 is 2.75 bits per heavy atom. The van der Waals surface area contributed by atoms with Gasteiger partial charge < -0.3 is 5.73 Å². The monoisotopic (exact) mass is 146 g/mol. The summed E-state index contributed by atoms with van der Waals surface area (Å²) >= 11 is 8.23. The smallest absolute Gasteiger partial charge is 0.156 e. The van der Waals surface area contributed by atoms with Crippen LogP contribution in [0.1, 0.15) is 0 Å². The summed E-state index contributed by atoms with van der Waals surface area (Å²) in [5, 5.41) is 0. The number of hydrogen-bond acceptors (Lipinski definition) is 2. The van der Waals surface area contributed by atoms with Crippen LogP contribution in [-0.4, -0.2) is 10.5 Å². The Morgan fingerprint density at radius 2 is 2.38 bits per heavy atom. The van der Waals surface area contributed by atoms with E-state index in [0.29, 0.717) is 4.32 Å². The first-order chi connectivity index (χ1) is 3.77. The van der Waals surface area contributed by atoms with Crippen molar-refractivity contribution in [2.45, 2.75) is 0 Å². The number of aliphatic imine (C=N–C) groups is 1. The Morgan fingerprint density at radius 1 is 1.75 bits per heavy atom. The van der Waals surface area contributed by atoms with Gasteiger partial charge in [-0.15, -0.1) is 12.6 Å². The minimum atomic E-state index is 0.308. The highest BCUT2D eigenvalue weighted by Gasteiger charge is 1.71. The fourth-order valence-electron chi connectivity index (χ4n) is 0.156. The highest BCUT2D eigenvalue weighted by Crippen LogP contribution is 1.82. The second-order valence-electron chi connectivity index (χ2n) is 0.946. The van der Waals surface area contributed by atoms with Gasteiger partial charge in [0.25, 0.3) is 0 Å². The molecule has 0 atom stereocenters. The van der Waals surface area contributed by atoms with Gasteiger partial charge in [0.05, 0.1) is 0 Å². The van der Waals surface area contributed by atoms with Gasteiger partial charge >= 0.3 is 0 Å². The maximum absolute atomic E-state index is 4.97. The lowest BCUT2D eigenvalue weighted by Gasteiger charge is -1.75. The topological polar surface area (TPSA) is 38.4 Å². The predicted octanol–water partition coefficient (Wildman–Crippen LogP) is 0.744. The zero-order valence-electron chi connectivity index (χ0n) is 4.11. The van der Waals surface area contributed by atoms with Crippen LogP contribution >= 0.6 is 24.8 Å². The van der Waals surface area contributed by atoms with E-state index in [0.717, 1.165) is 0 Å². The Labute approximate surface area is 58.9 Å². The molecule has 8 heavy (non-hydrogen) atoms. The fourth-order valence-corrected chi connectivity index (χ4v) is 0.284. The molecule has 0 aromatic heterocycles. The number of thiocarbonyl (C=S) groups is 1. The van der Waals surface area contributed by atoms with Crippen LogP contribution in [0.25, 0.3) is 0 Å². The van der Waals surface area contributed by atoms with E-state index in [1.807, 2.05) is 0 Å². The van der Waals surface area contributed by atoms with Crippen LogP contribution in [0, 0.1) is 0 Å². The minimum Gasteiger partial charge on any atom is -0.405 e. The van der Waals surface area contributed by atoms with Crippen molar-refractivity contribution in [3.8, 4) is 0 Å². The van der Waals surface area contributed by atoms with Gasteiger partial charge in [0.1, 0.15) is 0 Å². The van der Waals surface area contributed by atoms with Gasteiger partial charge in [-0.25, -0.2) is 4.99 Å². The Hall–Kier alpha value is -0.350. The van der Waals surface area contributed by atoms with Crippen molar-refractivity contribution in [1.29, 1.82) is 0 Å². The van der Waals surface area contributed by atoms with E-state index < -0.39 is 0 Å². The van der Waals surface area contributed by atoms with E-state index in [2.05, 4.69) is 29.8 Å². The number of allylic oxidation sites excluding steroid dienone is 1. The molecule has 0 aromatic carbocycles.